The van der Waals surface area contributed by atoms with E-state index in [1.54, 1.807) is 18.2 Å². The van der Waals surface area contributed by atoms with Crippen LogP contribution in [0, 0.1) is 5.92 Å². The van der Waals surface area contributed by atoms with E-state index in [-0.39, 0.29) is 23.4 Å². The van der Waals surface area contributed by atoms with Crippen molar-refractivity contribution in [1.29, 1.82) is 0 Å². The van der Waals surface area contributed by atoms with Crippen molar-refractivity contribution in [2.24, 2.45) is 5.92 Å². The molecule has 0 saturated heterocycles. The van der Waals surface area contributed by atoms with E-state index in [1.165, 1.54) is 20.2 Å². The normalized spacial score (nSPS) is 18.4. The number of benzene rings is 1. The van der Waals surface area contributed by atoms with Crippen LogP contribution in [0.15, 0.2) is 41.3 Å². The highest BCUT2D eigenvalue weighted by molar-refractivity contribution is 7.89. The molecule has 1 atom stereocenters. The number of rotatable bonds is 5. The highest BCUT2D eigenvalue weighted by Crippen LogP contribution is 2.21. The Labute approximate surface area is 131 Å². The zero-order chi connectivity index (χ0) is 16.2. The van der Waals surface area contributed by atoms with E-state index in [9.17, 15) is 13.2 Å². The molecule has 22 heavy (non-hydrogen) atoms. The number of sulfonamides is 1. The summed E-state index contributed by atoms with van der Waals surface area (Å²) in [5.74, 6) is -0.302. The van der Waals surface area contributed by atoms with Gasteiger partial charge in [-0.05, 0) is 37.0 Å². The van der Waals surface area contributed by atoms with Gasteiger partial charge in [0.1, 0.15) is 6.61 Å². The largest absolute Gasteiger partial charge is 0.461 e. The van der Waals surface area contributed by atoms with Crippen molar-refractivity contribution in [2.75, 3.05) is 14.1 Å². The maximum absolute atomic E-state index is 12.1. The van der Waals surface area contributed by atoms with E-state index >= 15 is 0 Å². The minimum absolute atomic E-state index is 0.0845. The molecular formula is C16H21NO4S. The highest BCUT2D eigenvalue weighted by atomic mass is 32.2. The van der Waals surface area contributed by atoms with Crippen molar-refractivity contribution in [2.45, 2.75) is 30.8 Å². The number of hydrogen-bond acceptors (Lipinski definition) is 4. The average Bonchev–Trinajstić information content (AvgIpc) is 2.53. The van der Waals surface area contributed by atoms with Crippen molar-refractivity contribution in [3.8, 4) is 0 Å². The molecule has 0 aromatic heterocycles. The van der Waals surface area contributed by atoms with Gasteiger partial charge in [0.2, 0.25) is 10.0 Å². The minimum Gasteiger partial charge on any atom is -0.461 e. The number of nitrogens with zero attached hydrogens (tertiary/aromatic N) is 1. The van der Waals surface area contributed by atoms with Crippen LogP contribution in [0.3, 0.4) is 0 Å². The van der Waals surface area contributed by atoms with E-state index in [0.29, 0.717) is 12.0 Å². The summed E-state index contributed by atoms with van der Waals surface area (Å²) in [6, 6.07) is 6.49. The van der Waals surface area contributed by atoms with E-state index in [2.05, 4.69) is 6.08 Å². The van der Waals surface area contributed by atoms with Crippen LogP contribution in [-0.2, 0) is 26.2 Å². The van der Waals surface area contributed by atoms with Gasteiger partial charge in [-0.3, -0.25) is 4.79 Å². The van der Waals surface area contributed by atoms with Gasteiger partial charge in [-0.15, -0.1) is 0 Å². The number of esters is 1. The third kappa shape index (κ3) is 3.96. The molecule has 0 heterocycles. The molecule has 0 fully saturated rings. The lowest BCUT2D eigenvalue weighted by Crippen LogP contribution is -2.22. The Morgan fingerprint density at radius 2 is 2.09 bits per heavy atom. The van der Waals surface area contributed by atoms with Crippen LogP contribution < -0.4 is 0 Å². The zero-order valence-electron chi connectivity index (χ0n) is 12.9. The van der Waals surface area contributed by atoms with Crippen LogP contribution in [0.4, 0.5) is 0 Å². The quantitative estimate of drug-likeness (QED) is 0.616. The molecule has 1 aromatic rings. The third-order valence-corrected chi connectivity index (χ3v) is 5.47. The standard InChI is InChI=1S/C16H21NO4S/c1-17(2)22(19,20)15-10-6-7-13(11-15)12-21-16(18)14-8-4-3-5-9-14/h3-4,6-7,10-11,14H,5,8-9,12H2,1-2H3/t14-/m0/s1. The molecule has 0 saturated carbocycles. The van der Waals surface area contributed by atoms with Crippen molar-refractivity contribution in [1.82, 2.24) is 4.31 Å². The molecular weight excluding hydrogens is 302 g/mol. The fourth-order valence-electron chi connectivity index (χ4n) is 2.29. The molecule has 1 aromatic carbocycles. The van der Waals surface area contributed by atoms with Crippen LogP contribution >= 0.6 is 0 Å². The lowest BCUT2D eigenvalue weighted by molar-refractivity contribution is -0.150. The first-order chi connectivity index (χ1) is 10.4. The molecule has 0 spiro atoms. The zero-order valence-corrected chi connectivity index (χ0v) is 13.7. The maximum Gasteiger partial charge on any atom is 0.309 e. The van der Waals surface area contributed by atoms with Gasteiger partial charge in [-0.2, -0.15) is 0 Å². The molecule has 0 aliphatic heterocycles. The second kappa shape index (κ2) is 7.07. The van der Waals surface area contributed by atoms with Gasteiger partial charge in [0.25, 0.3) is 0 Å². The number of carbonyl (C=O) groups excluding carboxylic acids is 1. The highest BCUT2D eigenvalue weighted by Gasteiger charge is 2.21. The lowest BCUT2D eigenvalue weighted by Gasteiger charge is -2.17. The van der Waals surface area contributed by atoms with Gasteiger partial charge in [-0.25, -0.2) is 12.7 Å². The van der Waals surface area contributed by atoms with Gasteiger partial charge in [-0.1, -0.05) is 24.3 Å². The third-order valence-electron chi connectivity index (χ3n) is 3.66. The molecule has 120 valence electrons. The summed E-state index contributed by atoms with van der Waals surface area (Å²) in [6.07, 6.45) is 6.49. The molecule has 0 radical (unpaired) electrons. The van der Waals surface area contributed by atoms with E-state index in [4.69, 9.17) is 4.74 Å². The van der Waals surface area contributed by atoms with Gasteiger partial charge in [0.05, 0.1) is 10.8 Å². The fraction of sp³-hybridized carbons (Fsp3) is 0.438. The molecule has 0 unspecified atom stereocenters. The van der Waals surface area contributed by atoms with E-state index in [0.717, 1.165) is 17.1 Å². The van der Waals surface area contributed by atoms with Gasteiger partial charge >= 0.3 is 5.97 Å². The summed E-state index contributed by atoms with van der Waals surface area (Å²) in [4.78, 5) is 12.2. The molecule has 2 rings (SSSR count). The Morgan fingerprint density at radius 1 is 1.32 bits per heavy atom. The van der Waals surface area contributed by atoms with Crippen LogP contribution in [0.25, 0.3) is 0 Å². The topological polar surface area (TPSA) is 63.7 Å². The van der Waals surface area contributed by atoms with Gasteiger partial charge in [0.15, 0.2) is 0 Å². The van der Waals surface area contributed by atoms with Crippen LogP contribution in [-0.4, -0.2) is 32.8 Å². The summed E-state index contributed by atoms with van der Waals surface area (Å²) in [5, 5.41) is 0. The van der Waals surface area contributed by atoms with E-state index in [1.807, 2.05) is 6.08 Å². The first-order valence-corrected chi connectivity index (χ1v) is 8.68. The van der Waals surface area contributed by atoms with Crippen molar-refractivity contribution in [3.63, 3.8) is 0 Å². The Hall–Kier alpha value is -1.66. The fourth-order valence-corrected chi connectivity index (χ4v) is 3.26. The first kappa shape index (κ1) is 16.7. The molecule has 5 nitrogen and oxygen atoms in total. The van der Waals surface area contributed by atoms with Crippen LogP contribution in [0.2, 0.25) is 0 Å². The summed E-state index contributed by atoms with van der Waals surface area (Å²) >= 11 is 0. The summed E-state index contributed by atoms with van der Waals surface area (Å²) in [7, 11) is -0.505. The molecule has 0 bridgehead atoms. The molecule has 1 aliphatic rings. The molecule has 6 heteroatoms. The van der Waals surface area contributed by atoms with E-state index < -0.39 is 10.0 Å². The predicted molar refractivity (Wildman–Crippen MR) is 83.6 cm³/mol. The first-order valence-electron chi connectivity index (χ1n) is 7.24. The van der Waals surface area contributed by atoms with Crippen molar-refractivity contribution in [3.05, 3.63) is 42.0 Å². The monoisotopic (exact) mass is 323 g/mol. The maximum atomic E-state index is 12.1. The smallest absolute Gasteiger partial charge is 0.309 e. The summed E-state index contributed by atoms with van der Waals surface area (Å²) in [6.45, 7) is 0.0931. The molecule has 0 amide bonds. The number of allylic oxidation sites excluding steroid dienone is 2. The number of carbonyl (C=O) groups is 1. The Bertz CT molecular complexity index is 664. The Morgan fingerprint density at radius 3 is 2.73 bits per heavy atom. The SMILES string of the molecule is CN(C)S(=O)(=O)c1cccc(COC(=O)[C@H]2CC=CCC2)c1. The van der Waals surface area contributed by atoms with Crippen molar-refractivity contribution >= 4 is 16.0 Å². The van der Waals surface area contributed by atoms with Gasteiger partial charge in [0, 0.05) is 14.1 Å². The minimum atomic E-state index is -3.47. The second-order valence-electron chi connectivity index (χ2n) is 5.52. The molecule has 0 N–H and O–H groups in total. The number of hydrogen-bond donors (Lipinski definition) is 0. The Kier molecular flexibility index (Phi) is 5.37. The average molecular weight is 323 g/mol. The van der Waals surface area contributed by atoms with Crippen molar-refractivity contribution < 1.29 is 17.9 Å². The Balaban J connectivity index is 2.02. The predicted octanol–water partition coefficient (Wildman–Crippen LogP) is 2.34. The van der Waals surface area contributed by atoms with Crippen LogP contribution in [0.1, 0.15) is 24.8 Å². The summed E-state index contributed by atoms with van der Waals surface area (Å²) < 4.78 is 30.6. The molecule has 1 aliphatic carbocycles. The second-order valence-corrected chi connectivity index (χ2v) is 7.68. The summed E-state index contributed by atoms with van der Waals surface area (Å²) in [5.41, 5.74) is 0.669. The van der Waals surface area contributed by atoms with Crippen LogP contribution in [0.5, 0.6) is 0 Å². The lowest BCUT2D eigenvalue weighted by atomic mass is 9.95. The van der Waals surface area contributed by atoms with Gasteiger partial charge < -0.3 is 4.74 Å². The number of ether oxygens (including phenoxy) is 1.